The molecule has 0 amide bonds. The third-order valence-electron chi connectivity index (χ3n) is 3.39. The predicted octanol–water partition coefficient (Wildman–Crippen LogP) is 4.06. The smallest absolute Gasteiger partial charge is 0.171 e. The summed E-state index contributed by atoms with van der Waals surface area (Å²) in [6.07, 6.45) is 0. The molecule has 2 N–H and O–H groups in total. The van der Waals surface area contributed by atoms with Crippen molar-refractivity contribution in [3.63, 3.8) is 0 Å². The number of anilines is 1. The van der Waals surface area contributed by atoms with Gasteiger partial charge in [-0.3, -0.25) is 0 Å². The minimum atomic E-state index is 0.117. The first-order valence-electron chi connectivity index (χ1n) is 7.37. The van der Waals surface area contributed by atoms with E-state index in [1.807, 2.05) is 43.3 Å². The third kappa shape index (κ3) is 5.04. The zero-order valence-electron chi connectivity index (χ0n) is 13.2. The van der Waals surface area contributed by atoms with Gasteiger partial charge in [-0.2, -0.15) is 0 Å². The van der Waals surface area contributed by atoms with Crippen molar-refractivity contribution in [1.82, 2.24) is 5.32 Å². The second kappa shape index (κ2) is 7.80. The lowest BCUT2D eigenvalue weighted by atomic mass is 10.1. The van der Waals surface area contributed by atoms with Gasteiger partial charge in [-0.1, -0.05) is 24.3 Å². The average Bonchev–Trinajstić information content (AvgIpc) is 2.50. The highest BCUT2D eigenvalue weighted by molar-refractivity contribution is 7.80. The number of hydrogen-bond donors (Lipinski definition) is 2. The molecular weight excluding hydrogens is 292 g/mol. The first-order chi connectivity index (χ1) is 10.5. The van der Waals surface area contributed by atoms with Gasteiger partial charge in [-0.15, -0.1) is 0 Å². The average molecular weight is 314 g/mol. The summed E-state index contributed by atoms with van der Waals surface area (Å²) >= 11 is 5.34. The second-order valence-electron chi connectivity index (χ2n) is 5.42. The molecule has 1 atom stereocenters. The standard InChI is InChI=1S/C18H22N2OS/c1-13-9-10-16(11-14(13)2)20-18(22)19-15(3)12-21-17-7-5-4-6-8-17/h4-11,15H,12H2,1-3H3,(H2,19,20,22)/t15-/m0/s1. The Labute approximate surface area is 137 Å². The van der Waals surface area contributed by atoms with Gasteiger partial charge in [-0.05, 0) is 68.4 Å². The largest absolute Gasteiger partial charge is 0.491 e. The second-order valence-corrected chi connectivity index (χ2v) is 5.83. The van der Waals surface area contributed by atoms with Crippen LogP contribution in [0.3, 0.4) is 0 Å². The lowest BCUT2D eigenvalue weighted by Crippen LogP contribution is -2.39. The zero-order chi connectivity index (χ0) is 15.9. The Morgan fingerprint density at radius 1 is 1.09 bits per heavy atom. The van der Waals surface area contributed by atoms with Crippen molar-refractivity contribution >= 4 is 23.0 Å². The molecule has 116 valence electrons. The fourth-order valence-corrected chi connectivity index (χ4v) is 2.31. The minimum Gasteiger partial charge on any atom is -0.491 e. The predicted molar refractivity (Wildman–Crippen MR) is 96.7 cm³/mol. The van der Waals surface area contributed by atoms with E-state index in [9.17, 15) is 0 Å². The first kappa shape index (κ1) is 16.3. The zero-order valence-corrected chi connectivity index (χ0v) is 14.0. The fourth-order valence-electron chi connectivity index (χ4n) is 1.99. The van der Waals surface area contributed by atoms with E-state index in [0.717, 1.165) is 11.4 Å². The summed E-state index contributed by atoms with van der Waals surface area (Å²) in [7, 11) is 0. The highest BCUT2D eigenvalue weighted by Gasteiger charge is 2.06. The van der Waals surface area contributed by atoms with Crippen molar-refractivity contribution in [2.45, 2.75) is 26.8 Å². The van der Waals surface area contributed by atoms with Crippen molar-refractivity contribution < 1.29 is 4.74 Å². The molecule has 0 aromatic heterocycles. The number of aryl methyl sites for hydroxylation is 2. The van der Waals surface area contributed by atoms with Crippen molar-refractivity contribution in [3.8, 4) is 5.75 Å². The summed E-state index contributed by atoms with van der Waals surface area (Å²) in [5.74, 6) is 0.865. The van der Waals surface area contributed by atoms with Crippen LogP contribution in [0.2, 0.25) is 0 Å². The number of hydrogen-bond acceptors (Lipinski definition) is 2. The molecule has 2 rings (SSSR count). The number of nitrogens with one attached hydrogen (secondary N) is 2. The summed E-state index contributed by atoms with van der Waals surface area (Å²) in [6, 6.07) is 16.1. The molecule has 0 heterocycles. The third-order valence-corrected chi connectivity index (χ3v) is 3.61. The van der Waals surface area contributed by atoms with E-state index in [1.165, 1.54) is 11.1 Å². The van der Waals surface area contributed by atoms with Gasteiger partial charge < -0.3 is 15.4 Å². The Morgan fingerprint density at radius 2 is 1.82 bits per heavy atom. The van der Waals surface area contributed by atoms with Crippen LogP contribution in [0.5, 0.6) is 5.75 Å². The van der Waals surface area contributed by atoms with Gasteiger partial charge in [0.1, 0.15) is 12.4 Å². The van der Waals surface area contributed by atoms with Gasteiger partial charge in [0.05, 0.1) is 6.04 Å². The van der Waals surface area contributed by atoms with Crippen LogP contribution in [0.1, 0.15) is 18.1 Å². The van der Waals surface area contributed by atoms with Crippen LogP contribution in [0.4, 0.5) is 5.69 Å². The molecule has 2 aromatic rings. The maximum absolute atomic E-state index is 5.70. The lowest BCUT2D eigenvalue weighted by molar-refractivity contribution is 0.287. The van der Waals surface area contributed by atoms with Crippen LogP contribution >= 0.6 is 12.2 Å². The molecular formula is C18H22N2OS. The van der Waals surface area contributed by atoms with E-state index in [2.05, 4.69) is 36.6 Å². The van der Waals surface area contributed by atoms with Crippen molar-refractivity contribution in [2.24, 2.45) is 0 Å². The lowest BCUT2D eigenvalue weighted by Gasteiger charge is -2.18. The molecule has 2 aromatic carbocycles. The molecule has 0 unspecified atom stereocenters. The summed E-state index contributed by atoms with van der Waals surface area (Å²) in [4.78, 5) is 0. The quantitative estimate of drug-likeness (QED) is 0.816. The molecule has 0 saturated carbocycles. The highest BCUT2D eigenvalue weighted by Crippen LogP contribution is 2.14. The molecule has 0 saturated heterocycles. The number of ether oxygens (including phenoxy) is 1. The van der Waals surface area contributed by atoms with Crippen LogP contribution in [-0.2, 0) is 0 Å². The molecule has 0 aliphatic heterocycles. The molecule has 0 radical (unpaired) electrons. The Hall–Kier alpha value is -2.07. The maximum Gasteiger partial charge on any atom is 0.171 e. The molecule has 3 nitrogen and oxygen atoms in total. The molecule has 0 aliphatic carbocycles. The summed E-state index contributed by atoms with van der Waals surface area (Å²) < 4.78 is 5.70. The summed E-state index contributed by atoms with van der Waals surface area (Å²) in [5, 5.41) is 7.04. The summed E-state index contributed by atoms with van der Waals surface area (Å²) in [5.41, 5.74) is 3.51. The maximum atomic E-state index is 5.70. The van der Waals surface area contributed by atoms with Crippen LogP contribution in [-0.4, -0.2) is 17.8 Å². The molecule has 0 bridgehead atoms. The molecule has 4 heteroatoms. The van der Waals surface area contributed by atoms with E-state index in [4.69, 9.17) is 17.0 Å². The van der Waals surface area contributed by atoms with E-state index >= 15 is 0 Å². The molecule has 0 aliphatic rings. The topological polar surface area (TPSA) is 33.3 Å². The fraction of sp³-hybridized carbons (Fsp3) is 0.278. The molecule has 0 spiro atoms. The van der Waals surface area contributed by atoms with Gasteiger partial charge in [-0.25, -0.2) is 0 Å². The normalized spacial score (nSPS) is 11.6. The van der Waals surface area contributed by atoms with Crippen molar-refractivity contribution in [2.75, 3.05) is 11.9 Å². The van der Waals surface area contributed by atoms with Gasteiger partial charge >= 0.3 is 0 Å². The van der Waals surface area contributed by atoms with E-state index in [0.29, 0.717) is 11.7 Å². The van der Waals surface area contributed by atoms with Gasteiger partial charge in [0.2, 0.25) is 0 Å². The van der Waals surface area contributed by atoms with Gasteiger partial charge in [0.25, 0.3) is 0 Å². The van der Waals surface area contributed by atoms with E-state index in [-0.39, 0.29) is 6.04 Å². The van der Waals surface area contributed by atoms with Gasteiger partial charge in [0.15, 0.2) is 5.11 Å². The number of para-hydroxylation sites is 1. The minimum absolute atomic E-state index is 0.117. The monoisotopic (exact) mass is 314 g/mol. The number of rotatable bonds is 5. The number of thiocarbonyl (C=S) groups is 1. The Kier molecular flexibility index (Phi) is 5.78. The van der Waals surface area contributed by atoms with Crippen molar-refractivity contribution in [3.05, 3.63) is 59.7 Å². The molecule has 22 heavy (non-hydrogen) atoms. The highest BCUT2D eigenvalue weighted by atomic mass is 32.1. The first-order valence-corrected chi connectivity index (χ1v) is 7.78. The van der Waals surface area contributed by atoms with Crippen LogP contribution in [0, 0.1) is 13.8 Å². The van der Waals surface area contributed by atoms with Crippen LogP contribution < -0.4 is 15.4 Å². The van der Waals surface area contributed by atoms with Crippen LogP contribution in [0.25, 0.3) is 0 Å². The Bertz CT molecular complexity index is 628. The summed E-state index contributed by atoms with van der Waals surface area (Å²) in [6.45, 7) is 6.78. The van der Waals surface area contributed by atoms with Gasteiger partial charge in [0, 0.05) is 5.69 Å². The SMILES string of the molecule is Cc1ccc(NC(=S)N[C@@H](C)COc2ccccc2)cc1C. The molecule has 0 fully saturated rings. The Morgan fingerprint density at radius 3 is 2.50 bits per heavy atom. The van der Waals surface area contributed by atoms with E-state index in [1.54, 1.807) is 0 Å². The van der Waals surface area contributed by atoms with Crippen molar-refractivity contribution in [1.29, 1.82) is 0 Å². The van der Waals surface area contributed by atoms with E-state index < -0.39 is 0 Å². The Balaban J connectivity index is 1.79. The number of benzene rings is 2. The van der Waals surface area contributed by atoms with Crippen LogP contribution in [0.15, 0.2) is 48.5 Å².